The molecule has 0 bridgehead atoms. The summed E-state index contributed by atoms with van der Waals surface area (Å²) < 4.78 is 6.40. The predicted molar refractivity (Wildman–Crippen MR) is 105 cm³/mol. The third-order valence-corrected chi connectivity index (χ3v) is 5.13. The van der Waals surface area contributed by atoms with Gasteiger partial charge in [0.1, 0.15) is 10.8 Å². The van der Waals surface area contributed by atoms with E-state index in [-0.39, 0.29) is 0 Å². The molecule has 0 aliphatic rings. The molecule has 3 aromatic carbocycles. The standard InChI is InChI=1S/C21H18N2OS/c1-24-18-10-7-16(8-11-18)21-23-19-12-9-17(13-20(19)25-21)22-14-15-5-3-2-4-6-15/h2-13,22H,14H2,1H3. The first kappa shape index (κ1) is 15.7. The second-order valence-corrected chi connectivity index (χ2v) is 6.80. The molecule has 0 saturated carbocycles. The summed E-state index contributed by atoms with van der Waals surface area (Å²) in [6.07, 6.45) is 0. The van der Waals surface area contributed by atoms with Crippen LogP contribution in [-0.2, 0) is 6.54 Å². The lowest BCUT2D eigenvalue weighted by molar-refractivity contribution is 0.415. The Morgan fingerprint density at radius 2 is 1.76 bits per heavy atom. The zero-order valence-corrected chi connectivity index (χ0v) is 14.7. The van der Waals surface area contributed by atoms with E-state index >= 15 is 0 Å². The largest absolute Gasteiger partial charge is 0.497 e. The molecule has 0 spiro atoms. The zero-order chi connectivity index (χ0) is 17.1. The number of hydrogen-bond acceptors (Lipinski definition) is 4. The molecule has 4 heteroatoms. The number of nitrogens with one attached hydrogen (secondary N) is 1. The quantitative estimate of drug-likeness (QED) is 0.512. The Kier molecular flexibility index (Phi) is 4.36. The number of fused-ring (bicyclic) bond motifs is 1. The van der Waals surface area contributed by atoms with Gasteiger partial charge >= 0.3 is 0 Å². The molecule has 0 unspecified atom stereocenters. The fourth-order valence-electron chi connectivity index (χ4n) is 2.69. The van der Waals surface area contributed by atoms with Crippen LogP contribution in [0, 0.1) is 0 Å². The summed E-state index contributed by atoms with van der Waals surface area (Å²) in [6.45, 7) is 0.816. The predicted octanol–water partition coefficient (Wildman–Crippen LogP) is 5.58. The van der Waals surface area contributed by atoms with Crippen LogP contribution in [0.3, 0.4) is 0 Å². The first-order valence-corrected chi connectivity index (χ1v) is 8.96. The highest BCUT2D eigenvalue weighted by Gasteiger charge is 2.07. The number of benzene rings is 3. The fourth-order valence-corrected chi connectivity index (χ4v) is 3.70. The lowest BCUT2D eigenvalue weighted by Crippen LogP contribution is -1.98. The van der Waals surface area contributed by atoms with Crippen molar-refractivity contribution in [2.75, 3.05) is 12.4 Å². The van der Waals surface area contributed by atoms with Crippen LogP contribution in [0.1, 0.15) is 5.56 Å². The average molecular weight is 346 g/mol. The third kappa shape index (κ3) is 3.49. The number of anilines is 1. The average Bonchev–Trinajstić information content (AvgIpc) is 3.10. The fraction of sp³-hybridized carbons (Fsp3) is 0.0952. The van der Waals surface area contributed by atoms with E-state index in [1.807, 2.05) is 30.3 Å². The normalized spacial score (nSPS) is 10.8. The first-order valence-electron chi connectivity index (χ1n) is 8.15. The second-order valence-electron chi connectivity index (χ2n) is 5.77. The van der Waals surface area contributed by atoms with Crippen LogP contribution < -0.4 is 10.1 Å². The Bertz CT molecular complexity index is 978. The lowest BCUT2D eigenvalue weighted by Gasteiger charge is -2.06. The smallest absolute Gasteiger partial charge is 0.124 e. The van der Waals surface area contributed by atoms with Crippen LogP contribution in [0.25, 0.3) is 20.8 Å². The number of rotatable bonds is 5. The van der Waals surface area contributed by atoms with Gasteiger partial charge in [0.2, 0.25) is 0 Å². The maximum atomic E-state index is 5.22. The van der Waals surface area contributed by atoms with Gasteiger partial charge in [-0.25, -0.2) is 4.98 Å². The number of ether oxygens (including phenoxy) is 1. The van der Waals surface area contributed by atoms with Crippen LogP contribution in [0.4, 0.5) is 5.69 Å². The molecule has 124 valence electrons. The van der Waals surface area contributed by atoms with Crippen LogP contribution >= 0.6 is 11.3 Å². The summed E-state index contributed by atoms with van der Waals surface area (Å²) >= 11 is 1.71. The monoisotopic (exact) mass is 346 g/mol. The van der Waals surface area contributed by atoms with Gasteiger partial charge < -0.3 is 10.1 Å². The molecule has 0 aliphatic carbocycles. The van der Waals surface area contributed by atoms with Gasteiger partial charge in [0.05, 0.1) is 17.3 Å². The second kappa shape index (κ2) is 6.95. The first-order chi connectivity index (χ1) is 12.3. The van der Waals surface area contributed by atoms with Crippen LogP contribution in [0.15, 0.2) is 72.8 Å². The van der Waals surface area contributed by atoms with Crippen molar-refractivity contribution >= 4 is 27.2 Å². The van der Waals surface area contributed by atoms with E-state index in [0.717, 1.165) is 34.1 Å². The van der Waals surface area contributed by atoms with Gasteiger partial charge in [-0.05, 0) is 48.0 Å². The maximum absolute atomic E-state index is 5.22. The summed E-state index contributed by atoms with van der Waals surface area (Å²) in [5, 5.41) is 4.51. The van der Waals surface area contributed by atoms with Crippen molar-refractivity contribution in [3.05, 3.63) is 78.4 Å². The summed E-state index contributed by atoms with van der Waals surface area (Å²) in [6, 6.07) is 24.8. The maximum Gasteiger partial charge on any atom is 0.124 e. The Morgan fingerprint density at radius 1 is 0.960 bits per heavy atom. The van der Waals surface area contributed by atoms with Gasteiger partial charge in [-0.2, -0.15) is 0 Å². The van der Waals surface area contributed by atoms with Crippen LogP contribution in [0.2, 0.25) is 0 Å². The minimum absolute atomic E-state index is 0.816. The molecule has 1 aromatic heterocycles. The van der Waals surface area contributed by atoms with E-state index in [1.54, 1.807) is 18.4 Å². The van der Waals surface area contributed by atoms with Crippen molar-refractivity contribution in [1.82, 2.24) is 4.98 Å². The summed E-state index contributed by atoms with van der Waals surface area (Å²) in [7, 11) is 1.68. The summed E-state index contributed by atoms with van der Waals surface area (Å²) in [4.78, 5) is 4.75. The van der Waals surface area contributed by atoms with Crippen LogP contribution in [0.5, 0.6) is 5.75 Å². The topological polar surface area (TPSA) is 34.1 Å². The molecule has 4 aromatic rings. The van der Waals surface area contributed by atoms with E-state index in [4.69, 9.17) is 9.72 Å². The molecule has 0 amide bonds. The Hall–Kier alpha value is -2.85. The molecular weight excluding hydrogens is 328 g/mol. The molecule has 1 heterocycles. The van der Waals surface area contributed by atoms with Gasteiger partial charge in [0.15, 0.2) is 0 Å². The molecule has 3 nitrogen and oxygen atoms in total. The number of methoxy groups -OCH3 is 1. The van der Waals surface area contributed by atoms with Crippen molar-refractivity contribution in [2.24, 2.45) is 0 Å². The molecule has 0 fully saturated rings. The van der Waals surface area contributed by atoms with Gasteiger partial charge in [-0.1, -0.05) is 30.3 Å². The van der Waals surface area contributed by atoms with Gasteiger partial charge in [0.25, 0.3) is 0 Å². The lowest BCUT2D eigenvalue weighted by atomic mass is 10.2. The highest BCUT2D eigenvalue weighted by Crippen LogP contribution is 2.32. The SMILES string of the molecule is COc1ccc(-c2nc3ccc(NCc4ccccc4)cc3s2)cc1. The molecule has 0 aliphatic heterocycles. The minimum atomic E-state index is 0.816. The highest BCUT2D eigenvalue weighted by molar-refractivity contribution is 7.21. The number of aromatic nitrogens is 1. The molecule has 0 saturated heterocycles. The van der Waals surface area contributed by atoms with E-state index in [2.05, 4.69) is 47.8 Å². The molecule has 4 rings (SSSR count). The molecule has 0 radical (unpaired) electrons. The third-order valence-electron chi connectivity index (χ3n) is 4.06. The zero-order valence-electron chi connectivity index (χ0n) is 13.9. The van der Waals surface area contributed by atoms with Crippen molar-refractivity contribution in [3.8, 4) is 16.3 Å². The van der Waals surface area contributed by atoms with Gasteiger partial charge in [-0.15, -0.1) is 11.3 Å². The van der Waals surface area contributed by atoms with Crippen molar-refractivity contribution in [3.63, 3.8) is 0 Å². The Labute approximate surface area is 150 Å². The molecule has 0 atom stereocenters. The molecular formula is C21H18N2OS. The van der Waals surface area contributed by atoms with E-state index < -0.39 is 0 Å². The number of nitrogens with zero attached hydrogens (tertiary/aromatic N) is 1. The number of hydrogen-bond donors (Lipinski definition) is 1. The van der Waals surface area contributed by atoms with E-state index in [0.29, 0.717) is 0 Å². The molecule has 25 heavy (non-hydrogen) atoms. The summed E-state index contributed by atoms with van der Waals surface area (Å²) in [5.41, 5.74) is 4.52. The van der Waals surface area contributed by atoms with Crippen molar-refractivity contribution in [2.45, 2.75) is 6.54 Å². The van der Waals surface area contributed by atoms with E-state index in [9.17, 15) is 0 Å². The van der Waals surface area contributed by atoms with Gasteiger partial charge in [0, 0.05) is 17.8 Å². The Balaban J connectivity index is 1.56. The van der Waals surface area contributed by atoms with Gasteiger partial charge in [-0.3, -0.25) is 0 Å². The summed E-state index contributed by atoms with van der Waals surface area (Å²) in [5.74, 6) is 0.859. The Morgan fingerprint density at radius 3 is 2.52 bits per heavy atom. The van der Waals surface area contributed by atoms with E-state index in [1.165, 1.54) is 10.3 Å². The van der Waals surface area contributed by atoms with Crippen LogP contribution in [-0.4, -0.2) is 12.1 Å². The minimum Gasteiger partial charge on any atom is -0.497 e. The van der Waals surface area contributed by atoms with Crippen molar-refractivity contribution in [1.29, 1.82) is 0 Å². The molecule has 1 N–H and O–H groups in total. The highest BCUT2D eigenvalue weighted by atomic mass is 32.1. The van der Waals surface area contributed by atoms with Crippen molar-refractivity contribution < 1.29 is 4.74 Å². The number of thiazole rings is 1.